The molecule has 0 unspecified atom stereocenters. The van der Waals surface area contributed by atoms with E-state index < -0.39 is 27.7 Å². The average molecular weight is 499 g/mol. The summed E-state index contributed by atoms with van der Waals surface area (Å²) in [5.41, 5.74) is 0.907. The van der Waals surface area contributed by atoms with Crippen LogP contribution in [0.5, 0.6) is 0 Å². The average Bonchev–Trinajstić information content (AvgIpc) is 3.13. The number of aryl methyl sites for hydroxylation is 2. The first-order valence-corrected chi connectivity index (χ1v) is 12.2. The molecule has 0 saturated carbocycles. The Morgan fingerprint density at radius 3 is 2.39 bits per heavy atom. The number of sulfonamides is 1. The molecule has 0 radical (unpaired) electrons. The zero-order chi connectivity index (χ0) is 24.4. The largest absolute Gasteiger partial charge is 0.478 e. The lowest BCUT2D eigenvalue weighted by atomic mass is 10.1. The zero-order valence-electron chi connectivity index (χ0n) is 17.7. The molecule has 0 atom stereocenters. The van der Waals surface area contributed by atoms with E-state index in [-0.39, 0.29) is 23.4 Å². The molecule has 2 N–H and O–H groups in total. The maximum absolute atomic E-state index is 12.7. The van der Waals surface area contributed by atoms with Gasteiger partial charge in [0.15, 0.2) is 0 Å². The molecule has 2 aromatic carbocycles. The highest BCUT2D eigenvalue weighted by molar-refractivity contribution is 7.89. The first-order chi connectivity index (χ1) is 15.4. The quantitative estimate of drug-likeness (QED) is 0.460. The van der Waals surface area contributed by atoms with Gasteiger partial charge in [0.05, 0.1) is 21.7 Å². The monoisotopic (exact) mass is 498 g/mol. The Bertz CT molecular complexity index is 1270. The molecule has 0 fully saturated rings. The van der Waals surface area contributed by atoms with E-state index in [0.717, 1.165) is 23.1 Å². The second-order valence-corrected chi connectivity index (χ2v) is 10.2. The van der Waals surface area contributed by atoms with Crippen LogP contribution in [0.15, 0.2) is 47.4 Å². The topological polar surface area (TPSA) is 96.4 Å². The second kappa shape index (κ2) is 9.62. The summed E-state index contributed by atoms with van der Waals surface area (Å²) < 4.78 is 65.9. The molecule has 1 aromatic heterocycles. The predicted molar refractivity (Wildman–Crippen MR) is 119 cm³/mol. The molecule has 0 saturated heterocycles. The SMILES string of the molecule is CCc1ccc(S(=O)(=O)NCCc2nc(-c3ccc(C(F)(F)F)cc3)sc2C)cc1C(=O)O. The summed E-state index contributed by atoms with van der Waals surface area (Å²) in [5, 5.41) is 9.86. The van der Waals surface area contributed by atoms with E-state index in [1.165, 1.54) is 35.6 Å². The third kappa shape index (κ3) is 5.79. The first kappa shape index (κ1) is 24.9. The molecule has 6 nitrogen and oxygen atoms in total. The zero-order valence-corrected chi connectivity index (χ0v) is 19.4. The number of halogens is 3. The Hall–Kier alpha value is -2.76. The van der Waals surface area contributed by atoms with Gasteiger partial charge >= 0.3 is 12.1 Å². The molecule has 0 spiro atoms. The van der Waals surface area contributed by atoms with Gasteiger partial charge in [0, 0.05) is 23.4 Å². The standard InChI is InChI=1S/C22H21F3N2O4S2/c1-3-14-6-9-17(12-18(14)21(28)29)33(30,31)26-11-10-19-13(2)32-20(27-19)15-4-7-16(8-5-15)22(23,24)25/h4-9,12,26H,3,10-11H2,1-2H3,(H,28,29). The number of nitrogens with zero attached hydrogens (tertiary/aromatic N) is 1. The number of carboxylic acids is 1. The van der Waals surface area contributed by atoms with Crippen molar-refractivity contribution in [3.05, 3.63) is 69.7 Å². The van der Waals surface area contributed by atoms with Crippen molar-refractivity contribution < 1.29 is 31.5 Å². The van der Waals surface area contributed by atoms with Crippen LogP contribution < -0.4 is 4.72 Å². The molecule has 0 amide bonds. The van der Waals surface area contributed by atoms with E-state index in [1.807, 2.05) is 0 Å². The molecule has 0 aliphatic carbocycles. The summed E-state index contributed by atoms with van der Waals surface area (Å²) in [6, 6.07) is 8.69. The Balaban J connectivity index is 1.70. The Labute approximate surface area is 193 Å². The smallest absolute Gasteiger partial charge is 0.416 e. The highest BCUT2D eigenvalue weighted by Crippen LogP contribution is 2.33. The van der Waals surface area contributed by atoms with Crippen LogP contribution in [0.2, 0.25) is 0 Å². The van der Waals surface area contributed by atoms with Crippen LogP contribution in [0.25, 0.3) is 10.6 Å². The highest BCUT2D eigenvalue weighted by Gasteiger charge is 2.30. The minimum Gasteiger partial charge on any atom is -0.478 e. The lowest BCUT2D eigenvalue weighted by molar-refractivity contribution is -0.137. The van der Waals surface area contributed by atoms with Crippen LogP contribution in [0.1, 0.15) is 39.0 Å². The van der Waals surface area contributed by atoms with Crippen molar-refractivity contribution in [2.45, 2.75) is 37.8 Å². The molecular formula is C22H21F3N2O4S2. The molecule has 0 aliphatic rings. The number of carboxylic acid groups (broad SMARTS) is 1. The van der Waals surface area contributed by atoms with Gasteiger partial charge in [0.1, 0.15) is 5.01 Å². The third-order valence-corrected chi connectivity index (χ3v) is 7.53. The number of benzene rings is 2. The maximum Gasteiger partial charge on any atom is 0.416 e. The molecule has 0 aliphatic heterocycles. The lowest BCUT2D eigenvalue weighted by Gasteiger charge is -2.09. The molecule has 176 valence electrons. The van der Waals surface area contributed by atoms with Crippen LogP contribution in [-0.2, 0) is 29.0 Å². The van der Waals surface area contributed by atoms with E-state index >= 15 is 0 Å². The number of rotatable bonds is 8. The Kier molecular flexibility index (Phi) is 7.25. The molecule has 11 heteroatoms. The summed E-state index contributed by atoms with van der Waals surface area (Å²) in [6.07, 6.45) is -3.69. The molecular weight excluding hydrogens is 477 g/mol. The van der Waals surface area contributed by atoms with E-state index in [0.29, 0.717) is 28.2 Å². The van der Waals surface area contributed by atoms with Crippen LogP contribution >= 0.6 is 11.3 Å². The van der Waals surface area contributed by atoms with Gasteiger partial charge in [-0.05, 0) is 43.2 Å². The summed E-state index contributed by atoms with van der Waals surface area (Å²) in [7, 11) is -3.93. The van der Waals surface area contributed by atoms with Gasteiger partial charge < -0.3 is 5.11 Å². The van der Waals surface area contributed by atoms with Gasteiger partial charge in [0.25, 0.3) is 0 Å². The number of hydrogen-bond donors (Lipinski definition) is 2. The molecule has 3 rings (SSSR count). The van der Waals surface area contributed by atoms with Crippen molar-refractivity contribution in [2.24, 2.45) is 0 Å². The Morgan fingerprint density at radius 1 is 1.15 bits per heavy atom. The fourth-order valence-electron chi connectivity index (χ4n) is 3.20. The van der Waals surface area contributed by atoms with Crippen LogP contribution in [0.4, 0.5) is 13.2 Å². The minimum absolute atomic E-state index is 0.0251. The summed E-state index contributed by atoms with van der Waals surface area (Å²) in [5.74, 6) is -1.20. The van der Waals surface area contributed by atoms with Crippen molar-refractivity contribution >= 4 is 27.3 Å². The number of carbonyl (C=O) groups is 1. The van der Waals surface area contributed by atoms with Gasteiger partial charge in [-0.25, -0.2) is 22.9 Å². The highest BCUT2D eigenvalue weighted by atomic mass is 32.2. The maximum atomic E-state index is 12.7. The summed E-state index contributed by atoms with van der Waals surface area (Å²) >= 11 is 1.31. The fourth-order valence-corrected chi connectivity index (χ4v) is 5.23. The third-order valence-electron chi connectivity index (χ3n) is 5.01. The van der Waals surface area contributed by atoms with E-state index in [9.17, 15) is 31.5 Å². The van der Waals surface area contributed by atoms with Crippen molar-refractivity contribution in [2.75, 3.05) is 6.54 Å². The van der Waals surface area contributed by atoms with E-state index in [4.69, 9.17) is 0 Å². The van der Waals surface area contributed by atoms with Gasteiger partial charge in [-0.1, -0.05) is 25.1 Å². The summed E-state index contributed by atoms with van der Waals surface area (Å²) in [4.78, 5) is 16.5. The molecule has 3 aromatic rings. The number of aromatic nitrogens is 1. The number of aromatic carboxylic acids is 1. The minimum atomic E-state index is -4.41. The molecule has 0 bridgehead atoms. The van der Waals surface area contributed by atoms with Crippen molar-refractivity contribution in [1.82, 2.24) is 9.71 Å². The van der Waals surface area contributed by atoms with Crippen LogP contribution in [0, 0.1) is 6.92 Å². The van der Waals surface area contributed by atoms with Crippen molar-refractivity contribution in [3.63, 3.8) is 0 Å². The van der Waals surface area contributed by atoms with Gasteiger partial charge in [-0.2, -0.15) is 13.2 Å². The predicted octanol–water partition coefficient (Wildman–Crippen LogP) is 4.92. The fraction of sp³-hybridized carbons (Fsp3) is 0.273. The van der Waals surface area contributed by atoms with Gasteiger partial charge in [-0.3, -0.25) is 0 Å². The van der Waals surface area contributed by atoms with Crippen molar-refractivity contribution in [1.29, 1.82) is 0 Å². The summed E-state index contributed by atoms with van der Waals surface area (Å²) in [6.45, 7) is 3.61. The lowest BCUT2D eigenvalue weighted by Crippen LogP contribution is -2.26. The number of hydrogen-bond acceptors (Lipinski definition) is 5. The van der Waals surface area contributed by atoms with Gasteiger partial charge in [0.2, 0.25) is 10.0 Å². The normalized spacial score (nSPS) is 12.2. The first-order valence-electron chi connectivity index (χ1n) is 9.92. The number of alkyl halides is 3. The molecule has 1 heterocycles. The van der Waals surface area contributed by atoms with Crippen LogP contribution in [-0.4, -0.2) is 31.0 Å². The van der Waals surface area contributed by atoms with Gasteiger partial charge in [-0.15, -0.1) is 11.3 Å². The Morgan fingerprint density at radius 2 is 1.82 bits per heavy atom. The van der Waals surface area contributed by atoms with E-state index in [2.05, 4.69) is 9.71 Å². The van der Waals surface area contributed by atoms with Crippen LogP contribution in [0.3, 0.4) is 0 Å². The van der Waals surface area contributed by atoms with Crippen molar-refractivity contribution in [3.8, 4) is 10.6 Å². The number of thiazole rings is 1. The molecule has 33 heavy (non-hydrogen) atoms. The second-order valence-electron chi connectivity index (χ2n) is 7.22. The number of nitrogens with one attached hydrogen (secondary N) is 1. The van der Waals surface area contributed by atoms with E-state index in [1.54, 1.807) is 13.8 Å².